The van der Waals surface area contributed by atoms with Gasteiger partial charge in [-0.25, -0.2) is 0 Å². The van der Waals surface area contributed by atoms with Crippen molar-refractivity contribution in [3.8, 4) is 0 Å². The van der Waals surface area contributed by atoms with Crippen molar-refractivity contribution in [1.82, 2.24) is 0 Å². The molecule has 0 aliphatic rings. The van der Waals surface area contributed by atoms with Crippen LogP contribution in [0.3, 0.4) is 0 Å². The van der Waals surface area contributed by atoms with E-state index < -0.39 is 0 Å². The van der Waals surface area contributed by atoms with Gasteiger partial charge in [0.2, 0.25) is 0 Å². The molecule has 0 spiro atoms. The lowest BCUT2D eigenvalue weighted by Crippen LogP contribution is -2.01. The zero-order valence-electron chi connectivity index (χ0n) is 23.1. The van der Waals surface area contributed by atoms with Gasteiger partial charge in [0, 0.05) is 0 Å². The fourth-order valence-corrected chi connectivity index (χ4v) is 5.24. The fraction of sp³-hybridized carbons (Fsp3) is 0.969. The van der Waals surface area contributed by atoms with Crippen molar-refractivity contribution in [1.29, 1.82) is 0 Å². The first-order valence-corrected chi connectivity index (χ1v) is 15.6. The van der Waals surface area contributed by atoms with Crippen LogP contribution in [-0.2, 0) is 0 Å². The summed E-state index contributed by atoms with van der Waals surface area (Å²) in [7, 11) is 0. The summed E-state index contributed by atoms with van der Waals surface area (Å²) >= 11 is 0. The van der Waals surface area contributed by atoms with Crippen LogP contribution >= 0.6 is 0 Å². The fourth-order valence-electron chi connectivity index (χ4n) is 5.24. The maximum atomic E-state index is 4.04. The maximum Gasteiger partial charge on any atom is -0.0414 e. The van der Waals surface area contributed by atoms with Crippen molar-refractivity contribution >= 4 is 0 Å². The average molecular weight is 450 g/mol. The van der Waals surface area contributed by atoms with E-state index in [-0.39, 0.29) is 0 Å². The van der Waals surface area contributed by atoms with E-state index >= 15 is 0 Å². The van der Waals surface area contributed by atoms with Crippen LogP contribution < -0.4 is 0 Å². The van der Waals surface area contributed by atoms with E-state index in [0.29, 0.717) is 0 Å². The molecule has 0 saturated heterocycles. The molecule has 0 aromatic rings. The molecule has 0 aliphatic carbocycles. The van der Waals surface area contributed by atoms with E-state index in [1.54, 1.807) is 0 Å². The molecule has 1 atom stereocenters. The third-order valence-electron chi connectivity index (χ3n) is 7.54. The number of hydrogen-bond donors (Lipinski definition) is 0. The van der Waals surface area contributed by atoms with Gasteiger partial charge in [-0.3, -0.25) is 0 Å². The second kappa shape index (κ2) is 29.0. The summed E-state index contributed by atoms with van der Waals surface area (Å²) in [6.07, 6.45) is 40.7. The molecule has 0 saturated carbocycles. The van der Waals surface area contributed by atoms with Gasteiger partial charge in [-0.2, -0.15) is 0 Å². The maximum absolute atomic E-state index is 4.04. The Labute approximate surface area is 206 Å². The van der Waals surface area contributed by atoms with Gasteiger partial charge in [-0.05, 0) is 5.92 Å². The minimum atomic E-state index is 1.01. The van der Waals surface area contributed by atoms with Crippen molar-refractivity contribution in [2.75, 3.05) is 0 Å². The van der Waals surface area contributed by atoms with E-state index in [2.05, 4.69) is 20.8 Å². The van der Waals surface area contributed by atoms with Crippen LogP contribution in [0.2, 0.25) is 0 Å². The zero-order chi connectivity index (χ0) is 23.4. The van der Waals surface area contributed by atoms with Gasteiger partial charge in [0.15, 0.2) is 0 Å². The molecule has 0 bridgehead atoms. The quantitative estimate of drug-likeness (QED) is 0.104. The van der Waals surface area contributed by atoms with Gasteiger partial charge in [-0.15, -0.1) is 0 Å². The van der Waals surface area contributed by atoms with Crippen molar-refractivity contribution < 1.29 is 0 Å². The highest BCUT2D eigenvalue weighted by Gasteiger charge is 2.08. The Hall–Kier alpha value is 0. The molecule has 193 valence electrons. The molecule has 0 aliphatic heterocycles. The van der Waals surface area contributed by atoms with Gasteiger partial charge >= 0.3 is 0 Å². The molecule has 0 N–H and O–H groups in total. The molecular weight excluding hydrogens is 384 g/mol. The molecule has 1 radical (unpaired) electrons. The van der Waals surface area contributed by atoms with Gasteiger partial charge in [-0.1, -0.05) is 201 Å². The van der Waals surface area contributed by atoms with E-state index in [9.17, 15) is 0 Å². The van der Waals surface area contributed by atoms with E-state index in [0.717, 1.165) is 12.3 Å². The predicted octanol–water partition coefficient (Wildman–Crippen LogP) is 12.4. The SMILES string of the molecule is [CH2]CCCCC(CCCCCCCCCC)CCCCCCCCCCCCCCCC. The van der Waals surface area contributed by atoms with Crippen LogP contribution in [0.25, 0.3) is 0 Å². The Balaban J connectivity index is 3.55. The molecule has 1 unspecified atom stereocenters. The standard InChI is InChI=1S/C32H65/c1-4-7-10-12-14-16-17-18-19-20-21-23-25-28-31-32(29-26-9-6-3)30-27-24-22-15-13-11-8-5-2/h32H,3-31H2,1-2H3. The van der Waals surface area contributed by atoms with Crippen molar-refractivity contribution in [3.63, 3.8) is 0 Å². The lowest BCUT2D eigenvalue weighted by molar-refractivity contribution is 0.368. The Morgan fingerprint density at radius 3 is 0.875 bits per heavy atom. The van der Waals surface area contributed by atoms with Crippen LogP contribution in [-0.4, -0.2) is 0 Å². The highest BCUT2D eigenvalue weighted by Crippen LogP contribution is 2.24. The third-order valence-corrected chi connectivity index (χ3v) is 7.54. The first-order chi connectivity index (χ1) is 15.8. The number of hydrogen-bond acceptors (Lipinski definition) is 0. The monoisotopic (exact) mass is 450 g/mol. The van der Waals surface area contributed by atoms with Gasteiger partial charge in [0.05, 0.1) is 0 Å². The van der Waals surface area contributed by atoms with Crippen LogP contribution in [0.4, 0.5) is 0 Å². The highest BCUT2D eigenvalue weighted by atomic mass is 14.1. The molecule has 0 nitrogen and oxygen atoms in total. The largest absolute Gasteiger partial charge is 0.0654 e. The Bertz CT molecular complexity index is 307. The van der Waals surface area contributed by atoms with Crippen LogP contribution in [0.5, 0.6) is 0 Å². The number of rotatable bonds is 28. The summed E-state index contributed by atoms with van der Waals surface area (Å²) in [5.41, 5.74) is 0. The number of unbranched alkanes of at least 4 members (excludes halogenated alkanes) is 22. The smallest absolute Gasteiger partial charge is 0.0414 e. The van der Waals surface area contributed by atoms with Crippen LogP contribution in [0, 0.1) is 12.8 Å². The highest BCUT2D eigenvalue weighted by molar-refractivity contribution is 4.62. The van der Waals surface area contributed by atoms with Crippen molar-refractivity contribution in [3.05, 3.63) is 6.92 Å². The molecular formula is C32H65. The van der Waals surface area contributed by atoms with E-state index in [1.165, 1.54) is 173 Å². The zero-order valence-corrected chi connectivity index (χ0v) is 23.1. The summed E-state index contributed by atoms with van der Waals surface area (Å²) in [5.74, 6) is 1.01. The summed E-state index contributed by atoms with van der Waals surface area (Å²) in [6.45, 7) is 8.66. The van der Waals surface area contributed by atoms with E-state index in [4.69, 9.17) is 0 Å². The summed E-state index contributed by atoms with van der Waals surface area (Å²) in [6, 6.07) is 0. The molecule has 0 aromatic carbocycles. The third kappa shape index (κ3) is 26.3. The van der Waals surface area contributed by atoms with Crippen LogP contribution in [0.15, 0.2) is 0 Å². The minimum Gasteiger partial charge on any atom is -0.0654 e. The Morgan fingerprint density at radius 1 is 0.344 bits per heavy atom. The normalized spacial score (nSPS) is 12.5. The van der Waals surface area contributed by atoms with Crippen molar-refractivity contribution in [2.24, 2.45) is 5.92 Å². The molecule has 0 heterocycles. The Kier molecular flexibility index (Phi) is 29.0. The molecule has 0 amide bonds. The molecule has 0 rings (SSSR count). The van der Waals surface area contributed by atoms with Gasteiger partial charge < -0.3 is 0 Å². The van der Waals surface area contributed by atoms with Gasteiger partial charge in [0.1, 0.15) is 0 Å². The molecule has 0 fully saturated rings. The van der Waals surface area contributed by atoms with Crippen molar-refractivity contribution in [2.45, 2.75) is 194 Å². The predicted molar refractivity (Wildman–Crippen MR) is 149 cm³/mol. The lowest BCUT2D eigenvalue weighted by atomic mass is 9.89. The van der Waals surface area contributed by atoms with Crippen LogP contribution in [0.1, 0.15) is 194 Å². The molecule has 32 heavy (non-hydrogen) atoms. The topological polar surface area (TPSA) is 0 Å². The first-order valence-electron chi connectivity index (χ1n) is 15.6. The second-order valence-corrected chi connectivity index (χ2v) is 10.9. The summed E-state index contributed by atoms with van der Waals surface area (Å²) in [5, 5.41) is 0. The van der Waals surface area contributed by atoms with E-state index in [1.807, 2.05) is 0 Å². The minimum absolute atomic E-state index is 1.01. The summed E-state index contributed by atoms with van der Waals surface area (Å²) in [4.78, 5) is 0. The second-order valence-electron chi connectivity index (χ2n) is 10.9. The van der Waals surface area contributed by atoms with Gasteiger partial charge in [0.25, 0.3) is 0 Å². The lowest BCUT2D eigenvalue weighted by Gasteiger charge is -2.17. The molecule has 0 heteroatoms. The first kappa shape index (κ1) is 32.0. The summed E-state index contributed by atoms with van der Waals surface area (Å²) < 4.78 is 0. The Morgan fingerprint density at radius 2 is 0.594 bits per heavy atom. The average Bonchev–Trinajstić information content (AvgIpc) is 2.80. The molecule has 0 aromatic heterocycles.